The van der Waals surface area contributed by atoms with Gasteiger partial charge in [-0.25, -0.2) is 9.37 Å². The van der Waals surface area contributed by atoms with E-state index >= 15 is 0 Å². The van der Waals surface area contributed by atoms with E-state index in [2.05, 4.69) is 4.98 Å². The topological polar surface area (TPSA) is 46.3 Å². The van der Waals surface area contributed by atoms with Crippen molar-refractivity contribution in [3.8, 4) is 0 Å². The standard InChI is InChI=1S/C19H12ClFN2O2S/c20-13-5-3-12(4-6-13)18(24)23(11-15-2-1-9-25-15)19-22-16-8-7-14(21)10-17(16)26-19/h1-10H,11H2. The molecule has 0 atom stereocenters. The molecule has 0 saturated carbocycles. The molecule has 1 amide bonds. The summed E-state index contributed by atoms with van der Waals surface area (Å²) in [5.74, 6) is 0.0460. The number of halogens is 2. The summed E-state index contributed by atoms with van der Waals surface area (Å²) in [5.41, 5.74) is 1.12. The van der Waals surface area contributed by atoms with Gasteiger partial charge in [-0.2, -0.15) is 0 Å². The normalized spacial score (nSPS) is 11.0. The van der Waals surface area contributed by atoms with Gasteiger partial charge in [0.2, 0.25) is 0 Å². The van der Waals surface area contributed by atoms with Crippen molar-refractivity contribution in [2.24, 2.45) is 0 Å². The van der Waals surface area contributed by atoms with Crippen molar-refractivity contribution >= 4 is 44.2 Å². The van der Waals surface area contributed by atoms with Gasteiger partial charge in [0.1, 0.15) is 11.6 Å². The molecule has 4 aromatic rings. The first-order chi connectivity index (χ1) is 12.6. The van der Waals surface area contributed by atoms with Crippen LogP contribution in [0.3, 0.4) is 0 Å². The van der Waals surface area contributed by atoms with Crippen LogP contribution in [0.1, 0.15) is 16.1 Å². The zero-order valence-corrected chi connectivity index (χ0v) is 14.9. The fraction of sp³-hybridized carbons (Fsp3) is 0.0526. The van der Waals surface area contributed by atoms with Gasteiger partial charge in [-0.15, -0.1) is 0 Å². The summed E-state index contributed by atoms with van der Waals surface area (Å²) in [5, 5.41) is 1.02. The average Bonchev–Trinajstić information content (AvgIpc) is 3.28. The van der Waals surface area contributed by atoms with E-state index in [1.807, 2.05) is 0 Å². The number of thiazole rings is 1. The number of nitrogens with zero attached hydrogens (tertiary/aromatic N) is 2. The van der Waals surface area contributed by atoms with Crippen LogP contribution in [-0.2, 0) is 6.54 Å². The first-order valence-electron chi connectivity index (χ1n) is 7.76. The first kappa shape index (κ1) is 16.8. The number of carbonyl (C=O) groups excluding carboxylic acids is 1. The quantitative estimate of drug-likeness (QED) is 0.463. The number of rotatable bonds is 4. The lowest BCUT2D eigenvalue weighted by atomic mass is 10.2. The molecule has 4 rings (SSSR count). The second-order valence-corrected chi connectivity index (χ2v) is 7.03. The van der Waals surface area contributed by atoms with E-state index in [1.54, 1.807) is 48.7 Å². The third-order valence-corrected chi connectivity index (χ3v) is 5.09. The average molecular weight is 387 g/mol. The first-order valence-corrected chi connectivity index (χ1v) is 8.95. The summed E-state index contributed by atoms with van der Waals surface area (Å²) in [6.07, 6.45) is 1.55. The molecule has 0 N–H and O–H groups in total. The fourth-order valence-electron chi connectivity index (χ4n) is 2.53. The lowest BCUT2D eigenvalue weighted by molar-refractivity contribution is 0.0983. The molecule has 0 unspecified atom stereocenters. The maximum absolute atomic E-state index is 13.5. The van der Waals surface area contributed by atoms with E-state index in [1.165, 1.54) is 28.4 Å². The minimum atomic E-state index is -0.339. The molecular weight excluding hydrogens is 375 g/mol. The number of hydrogen-bond acceptors (Lipinski definition) is 4. The molecule has 2 aromatic carbocycles. The summed E-state index contributed by atoms with van der Waals surface area (Å²) in [7, 11) is 0. The number of hydrogen-bond donors (Lipinski definition) is 0. The maximum atomic E-state index is 13.5. The van der Waals surface area contributed by atoms with Crippen molar-refractivity contribution in [3.05, 3.63) is 83.0 Å². The molecule has 0 radical (unpaired) electrons. The Morgan fingerprint density at radius 3 is 2.73 bits per heavy atom. The number of furan rings is 1. The third kappa shape index (κ3) is 3.34. The van der Waals surface area contributed by atoms with E-state index < -0.39 is 0 Å². The minimum absolute atomic E-state index is 0.219. The van der Waals surface area contributed by atoms with Crippen LogP contribution in [0.25, 0.3) is 10.2 Å². The molecule has 0 saturated heterocycles. The Bertz CT molecular complexity index is 1060. The van der Waals surface area contributed by atoms with E-state index in [4.69, 9.17) is 16.0 Å². The highest BCUT2D eigenvalue weighted by atomic mass is 35.5. The molecule has 130 valence electrons. The van der Waals surface area contributed by atoms with Crippen molar-refractivity contribution in [1.29, 1.82) is 0 Å². The Balaban J connectivity index is 1.76. The number of carbonyl (C=O) groups is 1. The van der Waals surface area contributed by atoms with Crippen LogP contribution in [0.5, 0.6) is 0 Å². The van der Waals surface area contributed by atoms with Crippen molar-refractivity contribution in [2.45, 2.75) is 6.54 Å². The lowest BCUT2D eigenvalue weighted by Crippen LogP contribution is -2.30. The maximum Gasteiger partial charge on any atom is 0.260 e. The third-order valence-electron chi connectivity index (χ3n) is 3.80. The molecule has 0 aliphatic rings. The molecule has 2 aromatic heterocycles. The molecule has 26 heavy (non-hydrogen) atoms. The van der Waals surface area contributed by atoms with Gasteiger partial charge in [-0.1, -0.05) is 22.9 Å². The Kier molecular flexibility index (Phi) is 4.44. The van der Waals surface area contributed by atoms with Gasteiger partial charge in [-0.3, -0.25) is 9.69 Å². The van der Waals surface area contributed by atoms with Gasteiger partial charge in [0, 0.05) is 10.6 Å². The second kappa shape index (κ2) is 6.90. The van der Waals surface area contributed by atoms with Gasteiger partial charge in [-0.05, 0) is 54.6 Å². The minimum Gasteiger partial charge on any atom is -0.467 e. The van der Waals surface area contributed by atoms with Crippen LogP contribution in [0.15, 0.2) is 65.3 Å². The van der Waals surface area contributed by atoms with E-state index in [0.717, 1.165) is 0 Å². The van der Waals surface area contributed by atoms with Gasteiger partial charge < -0.3 is 4.42 Å². The lowest BCUT2D eigenvalue weighted by Gasteiger charge is -2.18. The number of amides is 1. The predicted molar refractivity (Wildman–Crippen MR) is 100 cm³/mol. The molecule has 2 heterocycles. The zero-order valence-electron chi connectivity index (χ0n) is 13.4. The van der Waals surface area contributed by atoms with Crippen LogP contribution in [0, 0.1) is 5.82 Å². The fourth-order valence-corrected chi connectivity index (χ4v) is 3.65. The Hall–Kier alpha value is -2.70. The number of anilines is 1. The van der Waals surface area contributed by atoms with Crippen LogP contribution in [-0.4, -0.2) is 10.9 Å². The Morgan fingerprint density at radius 1 is 1.19 bits per heavy atom. The van der Waals surface area contributed by atoms with Crippen LogP contribution < -0.4 is 4.90 Å². The van der Waals surface area contributed by atoms with Gasteiger partial charge in [0.05, 0.1) is 23.0 Å². The smallest absolute Gasteiger partial charge is 0.260 e. The van der Waals surface area contributed by atoms with Crippen molar-refractivity contribution in [3.63, 3.8) is 0 Å². The SMILES string of the molecule is O=C(c1ccc(Cl)cc1)N(Cc1ccco1)c1nc2ccc(F)cc2s1. The monoisotopic (exact) mass is 386 g/mol. The second-order valence-electron chi connectivity index (χ2n) is 5.59. The van der Waals surface area contributed by atoms with E-state index in [9.17, 15) is 9.18 Å². The number of benzene rings is 2. The summed E-state index contributed by atoms with van der Waals surface area (Å²) < 4.78 is 19.5. The van der Waals surface area contributed by atoms with Crippen molar-refractivity contribution in [2.75, 3.05) is 4.90 Å². The molecule has 7 heteroatoms. The van der Waals surface area contributed by atoms with Crippen LogP contribution in [0.2, 0.25) is 5.02 Å². The Labute approximate surface area is 157 Å². The van der Waals surface area contributed by atoms with Gasteiger partial charge >= 0.3 is 0 Å². The highest BCUT2D eigenvalue weighted by molar-refractivity contribution is 7.22. The zero-order chi connectivity index (χ0) is 18.1. The van der Waals surface area contributed by atoms with Crippen LogP contribution in [0.4, 0.5) is 9.52 Å². The molecule has 0 bridgehead atoms. The summed E-state index contributed by atoms with van der Waals surface area (Å²) >= 11 is 7.16. The molecule has 4 nitrogen and oxygen atoms in total. The van der Waals surface area contributed by atoms with E-state index in [0.29, 0.717) is 31.7 Å². The molecule has 0 fully saturated rings. The van der Waals surface area contributed by atoms with Crippen molar-refractivity contribution in [1.82, 2.24) is 4.98 Å². The highest BCUT2D eigenvalue weighted by Crippen LogP contribution is 2.31. The molecule has 0 aliphatic heterocycles. The summed E-state index contributed by atoms with van der Waals surface area (Å²) in [6.45, 7) is 0.219. The molecule has 0 spiro atoms. The summed E-state index contributed by atoms with van der Waals surface area (Å²) in [6, 6.07) is 14.5. The van der Waals surface area contributed by atoms with Gasteiger partial charge in [0.15, 0.2) is 5.13 Å². The number of fused-ring (bicyclic) bond motifs is 1. The summed E-state index contributed by atoms with van der Waals surface area (Å²) in [4.78, 5) is 19.1. The Morgan fingerprint density at radius 2 is 2.00 bits per heavy atom. The van der Waals surface area contributed by atoms with Gasteiger partial charge in [0.25, 0.3) is 5.91 Å². The largest absolute Gasteiger partial charge is 0.467 e. The number of aromatic nitrogens is 1. The molecule has 0 aliphatic carbocycles. The van der Waals surface area contributed by atoms with Crippen molar-refractivity contribution < 1.29 is 13.6 Å². The molecular formula is C19H12ClFN2O2S. The van der Waals surface area contributed by atoms with E-state index in [-0.39, 0.29) is 18.3 Å². The highest BCUT2D eigenvalue weighted by Gasteiger charge is 2.22. The van der Waals surface area contributed by atoms with Crippen LogP contribution >= 0.6 is 22.9 Å². The predicted octanol–water partition coefficient (Wildman–Crippen LogP) is 5.53.